The Morgan fingerprint density at radius 2 is 2.07 bits per heavy atom. The monoisotopic (exact) mass is 218 g/mol. The maximum atomic E-state index is 5.71. The molecule has 78 valence electrons. The maximum absolute atomic E-state index is 5.71. The van der Waals surface area contributed by atoms with Gasteiger partial charge in [-0.15, -0.1) is 0 Å². The summed E-state index contributed by atoms with van der Waals surface area (Å²) in [6.07, 6.45) is 0.984. The summed E-state index contributed by atoms with van der Waals surface area (Å²) in [6, 6.07) is 10.3. The van der Waals surface area contributed by atoms with Crippen molar-refractivity contribution in [3.05, 3.63) is 52.2 Å². The van der Waals surface area contributed by atoms with Gasteiger partial charge in [0.15, 0.2) is 0 Å². The zero-order valence-corrected chi connectivity index (χ0v) is 9.59. The summed E-state index contributed by atoms with van der Waals surface area (Å²) >= 11 is 1.73. The van der Waals surface area contributed by atoms with Gasteiger partial charge in [0.2, 0.25) is 0 Å². The van der Waals surface area contributed by atoms with Crippen LogP contribution < -0.4 is 4.74 Å². The number of benzene rings is 1. The van der Waals surface area contributed by atoms with Gasteiger partial charge in [0.05, 0.1) is 6.61 Å². The highest BCUT2D eigenvalue weighted by atomic mass is 32.1. The quantitative estimate of drug-likeness (QED) is 0.760. The number of aryl methyl sites for hydroxylation is 1. The minimum Gasteiger partial charge on any atom is -0.493 e. The summed E-state index contributed by atoms with van der Waals surface area (Å²) in [5.74, 6) is 0.993. The predicted molar refractivity (Wildman–Crippen MR) is 64.7 cm³/mol. The molecular weight excluding hydrogens is 204 g/mol. The summed E-state index contributed by atoms with van der Waals surface area (Å²) in [4.78, 5) is 0. The smallest absolute Gasteiger partial charge is 0.122 e. The largest absolute Gasteiger partial charge is 0.493 e. The highest BCUT2D eigenvalue weighted by Crippen LogP contribution is 2.16. The van der Waals surface area contributed by atoms with E-state index in [4.69, 9.17) is 4.74 Å². The Morgan fingerprint density at radius 3 is 2.80 bits per heavy atom. The van der Waals surface area contributed by atoms with Crippen LogP contribution in [0.4, 0.5) is 0 Å². The number of ether oxygens (including phenoxy) is 1. The van der Waals surface area contributed by atoms with E-state index in [1.54, 1.807) is 11.3 Å². The van der Waals surface area contributed by atoms with Crippen LogP contribution in [0.25, 0.3) is 0 Å². The lowest BCUT2D eigenvalue weighted by molar-refractivity contribution is 0.320. The van der Waals surface area contributed by atoms with Gasteiger partial charge in [-0.25, -0.2) is 0 Å². The lowest BCUT2D eigenvalue weighted by atomic mass is 10.2. The van der Waals surface area contributed by atoms with E-state index >= 15 is 0 Å². The number of thiophene rings is 1. The second-order valence-electron chi connectivity index (χ2n) is 3.50. The lowest BCUT2D eigenvalue weighted by Crippen LogP contribution is -2.01. The molecule has 0 aliphatic rings. The Kier molecular flexibility index (Phi) is 3.41. The van der Waals surface area contributed by atoms with Gasteiger partial charge in [0.25, 0.3) is 0 Å². The molecule has 0 saturated heterocycles. The third-order valence-electron chi connectivity index (χ3n) is 2.32. The van der Waals surface area contributed by atoms with Crippen molar-refractivity contribution in [1.82, 2.24) is 0 Å². The Labute approximate surface area is 94.3 Å². The molecule has 15 heavy (non-hydrogen) atoms. The first-order valence-electron chi connectivity index (χ1n) is 5.06. The summed E-state index contributed by atoms with van der Waals surface area (Å²) < 4.78 is 5.71. The lowest BCUT2D eigenvalue weighted by Gasteiger charge is -2.07. The van der Waals surface area contributed by atoms with Crippen LogP contribution in [0.2, 0.25) is 0 Å². The van der Waals surface area contributed by atoms with Crippen LogP contribution >= 0.6 is 11.3 Å². The van der Waals surface area contributed by atoms with E-state index < -0.39 is 0 Å². The van der Waals surface area contributed by atoms with Gasteiger partial charge in [0, 0.05) is 6.42 Å². The topological polar surface area (TPSA) is 9.23 Å². The summed E-state index contributed by atoms with van der Waals surface area (Å²) in [7, 11) is 0. The Bertz CT molecular complexity index is 406. The zero-order valence-electron chi connectivity index (χ0n) is 8.77. The average molecular weight is 218 g/mol. The normalized spacial score (nSPS) is 10.2. The number of para-hydroxylation sites is 1. The van der Waals surface area contributed by atoms with Crippen LogP contribution in [-0.4, -0.2) is 6.61 Å². The van der Waals surface area contributed by atoms with Gasteiger partial charge >= 0.3 is 0 Å². The second-order valence-corrected chi connectivity index (χ2v) is 4.28. The van der Waals surface area contributed by atoms with Crippen molar-refractivity contribution in [1.29, 1.82) is 0 Å². The molecular formula is C13H14OS. The van der Waals surface area contributed by atoms with Gasteiger partial charge in [-0.1, -0.05) is 18.2 Å². The van der Waals surface area contributed by atoms with Crippen molar-refractivity contribution >= 4 is 11.3 Å². The molecule has 0 spiro atoms. The SMILES string of the molecule is Cc1ccccc1OCCc1ccsc1. The number of hydrogen-bond donors (Lipinski definition) is 0. The van der Waals surface area contributed by atoms with Crippen molar-refractivity contribution < 1.29 is 4.74 Å². The van der Waals surface area contributed by atoms with E-state index in [1.165, 1.54) is 11.1 Å². The van der Waals surface area contributed by atoms with Crippen molar-refractivity contribution in [2.24, 2.45) is 0 Å². The Hall–Kier alpha value is -1.28. The molecule has 0 unspecified atom stereocenters. The first-order valence-corrected chi connectivity index (χ1v) is 6.00. The first-order chi connectivity index (χ1) is 7.36. The summed E-state index contributed by atoms with van der Waals surface area (Å²) in [5, 5.41) is 4.27. The molecule has 0 fully saturated rings. The van der Waals surface area contributed by atoms with E-state index in [2.05, 4.69) is 29.8 Å². The fourth-order valence-corrected chi connectivity index (χ4v) is 2.14. The number of hydrogen-bond acceptors (Lipinski definition) is 2. The number of rotatable bonds is 4. The van der Waals surface area contributed by atoms with E-state index in [1.807, 2.05) is 18.2 Å². The average Bonchev–Trinajstić information content (AvgIpc) is 2.74. The molecule has 1 aromatic heterocycles. The molecule has 1 nitrogen and oxygen atoms in total. The van der Waals surface area contributed by atoms with Gasteiger partial charge in [-0.05, 0) is 40.9 Å². The van der Waals surface area contributed by atoms with Crippen LogP contribution in [0.15, 0.2) is 41.1 Å². The molecule has 2 rings (SSSR count). The van der Waals surface area contributed by atoms with Crippen LogP contribution in [-0.2, 0) is 6.42 Å². The van der Waals surface area contributed by atoms with Crippen molar-refractivity contribution in [3.8, 4) is 5.75 Å². The molecule has 2 heteroatoms. The van der Waals surface area contributed by atoms with Crippen molar-refractivity contribution in [2.75, 3.05) is 6.61 Å². The fourth-order valence-electron chi connectivity index (χ4n) is 1.43. The third-order valence-corrected chi connectivity index (χ3v) is 3.05. The predicted octanol–water partition coefficient (Wildman–Crippen LogP) is 3.68. The molecule has 0 amide bonds. The van der Waals surface area contributed by atoms with Crippen molar-refractivity contribution in [2.45, 2.75) is 13.3 Å². The summed E-state index contributed by atoms with van der Waals surface area (Å²) in [5.41, 5.74) is 2.55. The van der Waals surface area contributed by atoms with Crippen LogP contribution in [0.5, 0.6) is 5.75 Å². The first kappa shape index (κ1) is 10.2. The molecule has 0 bridgehead atoms. The fraction of sp³-hybridized carbons (Fsp3) is 0.231. The standard InChI is InChI=1S/C13H14OS/c1-11-4-2-3-5-13(11)14-8-6-12-7-9-15-10-12/h2-5,7,9-10H,6,8H2,1H3. The van der Waals surface area contributed by atoms with Crippen LogP contribution in [0.1, 0.15) is 11.1 Å². The van der Waals surface area contributed by atoms with Crippen LogP contribution in [0.3, 0.4) is 0 Å². The molecule has 0 radical (unpaired) electrons. The Morgan fingerprint density at radius 1 is 1.20 bits per heavy atom. The van der Waals surface area contributed by atoms with E-state index in [0.29, 0.717) is 0 Å². The van der Waals surface area contributed by atoms with Gasteiger partial charge in [-0.3, -0.25) is 0 Å². The molecule has 0 aliphatic carbocycles. The van der Waals surface area contributed by atoms with Crippen LogP contribution in [0, 0.1) is 6.92 Å². The maximum Gasteiger partial charge on any atom is 0.122 e. The van der Waals surface area contributed by atoms with Gasteiger partial charge < -0.3 is 4.74 Å². The zero-order chi connectivity index (χ0) is 10.5. The minimum absolute atomic E-state index is 0.752. The molecule has 0 atom stereocenters. The van der Waals surface area contributed by atoms with E-state index in [9.17, 15) is 0 Å². The highest BCUT2D eigenvalue weighted by molar-refractivity contribution is 7.07. The Balaban J connectivity index is 1.86. The van der Waals surface area contributed by atoms with Gasteiger partial charge in [-0.2, -0.15) is 11.3 Å². The second kappa shape index (κ2) is 4.99. The molecule has 2 aromatic rings. The summed E-state index contributed by atoms with van der Waals surface area (Å²) in [6.45, 7) is 2.82. The molecule has 1 heterocycles. The molecule has 0 aliphatic heterocycles. The van der Waals surface area contributed by atoms with E-state index in [0.717, 1.165) is 18.8 Å². The minimum atomic E-state index is 0.752. The molecule has 0 N–H and O–H groups in total. The third kappa shape index (κ3) is 2.83. The highest BCUT2D eigenvalue weighted by Gasteiger charge is 1.98. The van der Waals surface area contributed by atoms with Crippen molar-refractivity contribution in [3.63, 3.8) is 0 Å². The molecule has 1 aromatic carbocycles. The molecule has 0 saturated carbocycles. The van der Waals surface area contributed by atoms with Gasteiger partial charge in [0.1, 0.15) is 5.75 Å². The van der Waals surface area contributed by atoms with E-state index in [-0.39, 0.29) is 0 Å².